The highest BCUT2D eigenvalue weighted by molar-refractivity contribution is 6.39. The van der Waals surface area contributed by atoms with Crippen LogP contribution >= 0.6 is 23.2 Å². The highest BCUT2D eigenvalue weighted by Crippen LogP contribution is 2.35. The van der Waals surface area contributed by atoms with E-state index in [9.17, 15) is 4.79 Å². The smallest absolute Gasteiger partial charge is 0.335 e. The van der Waals surface area contributed by atoms with Crippen molar-refractivity contribution in [1.29, 1.82) is 0 Å². The third kappa shape index (κ3) is 2.01. The van der Waals surface area contributed by atoms with Crippen LogP contribution in [0.4, 0.5) is 5.69 Å². The average molecular weight is 258 g/mol. The van der Waals surface area contributed by atoms with Crippen molar-refractivity contribution in [3.63, 3.8) is 0 Å². The molecule has 0 bridgehead atoms. The van der Waals surface area contributed by atoms with Gasteiger partial charge in [0.1, 0.15) is 0 Å². The van der Waals surface area contributed by atoms with Gasteiger partial charge in [-0.2, -0.15) is 0 Å². The number of aromatic carboxylic acids is 1. The monoisotopic (exact) mass is 257 g/mol. The minimum atomic E-state index is -1.03. The summed E-state index contributed by atoms with van der Waals surface area (Å²) in [5.74, 6) is -1.03. The van der Waals surface area contributed by atoms with E-state index in [0.29, 0.717) is 15.7 Å². The molecule has 1 heterocycles. The van der Waals surface area contributed by atoms with Crippen LogP contribution in [0, 0.1) is 0 Å². The van der Waals surface area contributed by atoms with Crippen molar-refractivity contribution >= 4 is 34.9 Å². The Kier molecular flexibility index (Phi) is 3.08. The maximum atomic E-state index is 10.8. The van der Waals surface area contributed by atoms with Crippen molar-refractivity contribution in [2.24, 2.45) is 0 Å². The van der Waals surface area contributed by atoms with Crippen molar-refractivity contribution in [3.8, 4) is 0 Å². The number of rotatable bonds is 2. The zero-order valence-corrected chi connectivity index (χ0v) is 9.79. The number of carbonyl (C=O) groups is 1. The molecule has 0 atom stereocenters. The van der Waals surface area contributed by atoms with E-state index >= 15 is 0 Å². The van der Waals surface area contributed by atoms with Crippen LogP contribution in [0.25, 0.3) is 0 Å². The van der Waals surface area contributed by atoms with E-state index in [2.05, 4.69) is 0 Å². The second-order valence-corrected chi connectivity index (χ2v) is 4.28. The number of anilines is 1. The Morgan fingerprint density at radius 3 is 2.12 bits per heavy atom. The van der Waals surface area contributed by atoms with Crippen molar-refractivity contribution < 1.29 is 9.90 Å². The molecule has 0 radical (unpaired) electrons. The van der Waals surface area contributed by atoms with Gasteiger partial charge < -0.3 is 10.0 Å². The van der Waals surface area contributed by atoms with Crippen LogP contribution in [-0.4, -0.2) is 24.2 Å². The van der Waals surface area contributed by atoms with Crippen molar-refractivity contribution in [1.82, 2.24) is 0 Å². The number of carboxylic acids is 1. The van der Waals surface area contributed by atoms with Crippen LogP contribution in [0.3, 0.4) is 0 Å². The molecule has 0 saturated heterocycles. The van der Waals surface area contributed by atoms with E-state index in [1.54, 1.807) is 0 Å². The van der Waals surface area contributed by atoms with E-state index in [-0.39, 0.29) is 5.56 Å². The predicted molar refractivity (Wildman–Crippen MR) is 64.8 cm³/mol. The average Bonchev–Trinajstić information content (AvgIpc) is 2.69. The van der Waals surface area contributed by atoms with Crippen molar-refractivity contribution in [3.05, 3.63) is 39.9 Å². The highest BCUT2D eigenvalue weighted by atomic mass is 35.5. The second kappa shape index (κ2) is 4.36. The Morgan fingerprint density at radius 2 is 1.69 bits per heavy atom. The molecule has 1 N–H and O–H groups in total. The molecular formula is C11H9Cl2NO2. The lowest BCUT2D eigenvalue weighted by molar-refractivity contribution is 0.0697. The molecule has 0 amide bonds. The Bertz CT molecular complexity index is 440. The summed E-state index contributed by atoms with van der Waals surface area (Å²) in [6.45, 7) is 1.48. The van der Waals surface area contributed by atoms with Crippen LogP contribution in [0.1, 0.15) is 10.4 Å². The first-order valence-corrected chi connectivity index (χ1v) is 5.47. The lowest BCUT2D eigenvalue weighted by atomic mass is 10.2. The standard InChI is InChI=1S/C11H9Cl2NO2/c12-8-5-7(11(15)16)6-9(13)10(8)14-3-1-2-4-14/h1-2,5-6H,3-4H2,(H,15,16). The quantitative estimate of drug-likeness (QED) is 0.829. The van der Waals surface area contributed by atoms with Gasteiger partial charge in [0.15, 0.2) is 0 Å². The van der Waals surface area contributed by atoms with Gasteiger partial charge in [0.05, 0.1) is 21.3 Å². The molecule has 0 saturated carbocycles. The fraction of sp³-hybridized carbons (Fsp3) is 0.182. The lowest BCUT2D eigenvalue weighted by Gasteiger charge is -2.20. The van der Waals surface area contributed by atoms with E-state index in [1.165, 1.54) is 12.1 Å². The van der Waals surface area contributed by atoms with Gasteiger partial charge in [-0.05, 0) is 12.1 Å². The first kappa shape index (κ1) is 11.3. The minimum absolute atomic E-state index is 0.103. The molecule has 3 nitrogen and oxygen atoms in total. The molecule has 0 unspecified atom stereocenters. The van der Waals surface area contributed by atoms with E-state index in [1.807, 2.05) is 17.1 Å². The van der Waals surface area contributed by atoms with Gasteiger partial charge >= 0.3 is 5.97 Å². The first-order valence-electron chi connectivity index (χ1n) is 4.72. The second-order valence-electron chi connectivity index (χ2n) is 3.47. The molecule has 0 fully saturated rings. The normalized spacial score (nSPS) is 14.5. The fourth-order valence-corrected chi connectivity index (χ4v) is 2.38. The molecule has 0 aliphatic carbocycles. The van der Waals surface area contributed by atoms with Gasteiger partial charge in [-0.1, -0.05) is 35.4 Å². The molecule has 1 aliphatic rings. The Labute approximate surface area is 103 Å². The minimum Gasteiger partial charge on any atom is -0.478 e. The van der Waals surface area contributed by atoms with Crippen LogP contribution < -0.4 is 4.90 Å². The molecule has 84 valence electrons. The molecule has 1 aromatic carbocycles. The Morgan fingerprint density at radius 1 is 1.19 bits per heavy atom. The highest BCUT2D eigenvalue weighted by Gasteiger charge is 2.17. The van der Waals surface area contributed by atoms with Crippen LogP contribution in [0.5, 0.6) is 0 Å². The summed E-state index contributed by atoms with van der Waals surface area (Å²) in [7, 11) is 0. The van der Waals surface area contributed by atoms with E-state index < -0.39 is 5.97 Å². The zero-order valence-electron chi connectivity index (χ0n) is 8.28. The van der Waals surface area contributed by atoms with Crippen LogP contribution in [-0.2, 0) is 0 Å². The van der Waals surface area contributed by atoms with Gasteiger partial charge in [-0.3, -0.25) is 0 Å². The molecular weight excluding hydrogens is 249 g/mol. The van der Waals surface area contributed by atoms with Gasteiger partial charge in [0, 0.05) is 13.1 Å². The molecule has 5 heteroatoms. The van der Waals surface area contributed by atoms with Gasteiger partial charge in [0.2, 0.25) is 0 Å². The third-order valence-electron chi connectivity index (χ3n) is 2.40. The SMILES string of the molecule is O=C(O)c1cc(Cl)c(N2CC=CC2)c(Cl)c1. The van der Waals surface area contributed by atoms with Gasteiger partial charge in [-0.25, -0.2) is 4.79 Å². The molecule has 2 rings (SSSR count). The van der Waals surface area contributed by atoms with Crippen molar-refractivity contribution in [2.45, 2.75) is 0 Å². The summed E-state index contributed by atoms with van der Waals surface area (Å²) in [4.78, 5) is 12.8. The Balaban J connectivity index is 2.43. The van der Waals surface area contributed by atoms with Gasteiger partial charge in [-0.15, -0.1) is 0 Å². The number of hydrogen-bond acceptors (Lipinski definition) is 2. The van der Waals surface area contributed by atoms with E-state index in [4.69, 9.17) is 28.3 Å². The topological polar surface area (TPSA) is 40.5 Å². The number of carboxylic acid groups (broad SMARTS) is 1. The first-order chi connectivity index (χ1) is 7.59. The molecule has 16 heavy (non-hydrogen) atoms. The lowest BCUT2D eigenvalue weighted by Crippen LogP contribution is -2.19. The summed E-state index contributed by atoms with van der Waals surface area (Å²) in [5, 5.41) is 9.58. The molecule has 0 spiro atoms. The number of benzene rings is 1. The fourth-order valence-electron chi connectivity index (χ4n) is 1.65. The van der Waals surface area contributed by atoms with Crippen LogP contribution in [0.2, 0.25) is 10.0 Å². The number of hydrogen-bond donors (Lipinski definition) is 1. The van der Waals surface area contributed by atoms with Crippen molar-refractivity contribution in [2.75, 3.05) is 18.0 Å². The number of halogens is 2. The molecule has 0 aromatic heterocycles. The zero-order chi connectivity index (χ0) is 11.7. The summed E-state index contributed by atoms with van der Waals surface area (Å²) in [6.07, 6.45) is 4.02. The maximum Gasteiger partial charge on any atom is 0.335 e. The molecule has 1 aromatic rings. The molecule has 1 aliphatic heterocycles. The summed E-state index contributed by atoms with van der Waals surface area (Å²) < 4.78 is 0. The summed E-state index contributed by atoms with van der Waals surface area (Å²) in [5.41, 5.74) is 0.796. The third-order valence-corrected chi connectivity index (χ3v) is 2.97. The predicted octanol–water partition coefficient (Wildman–Crippen LogP) is 3.07. The summed E-state index contributed by atoms with van der Waals surface area (Å²) >= 11 is 12.1. The van der Waals surface area contributed by atoms with Crippen LogP contribution in [0.15, 0.2) is 24.3 Å². The summed E-state index contributed by atoms with van der Waals surface area (Å²) in [6, 6.07) is 2.84. The van der Waals surface area contributed by atoms with Gasteiger partial charge in [0.25, 0.3) is 0 Å². The maximum absolute atomic E-state index is 10.8. The number of nitrogens with zero attached hydrogens (tertiary/aromatic N) is 1. The largest absolute Gasteiger partial charge is 0.478 e. The van der Waals surface area contributed by atoms with E-state index in [0.717, 1.165) is 13.1 Å². The Hall–Kier alpha value is -1.19.